The van der Waals surface area contributed by atoms with E-state index in [0.29, 0.717) is 31.4 Å². The zero-order valence-electron chi connectivity index (χ0n) is 18.5. The number of aliphatic carboxylic acids is 1. The van der Waals surface area contributed by atoms with Gasteiger partial charge in [-0.15, -0.1) is 18.3 Å². The van der Waals surface area contributed by atoms with Gasteiger partial charge in [0.25, 0.3) is 0 Å². The lowest BCUT2D eigenvalue weighted by molar-refractivity contribution is -0.274. The van der Waals surface area contributed by atoms with Crippen LogP contribution >= 0.6 is 0 Å². The molecule has 0 unspecified atom stereocenters. The van der Waals surface area contributed by atoms with Crippen LogP contribution in [-0.2, 0) is 4.79 Å². The maximum Gasteiger partial charge on any atom is 0.573 e. The summed E-state index contributed by atoms with van der Waals surface area (Å²) in [5, 5.41) is 21.3. The summed E-state index contributed by atoms with van der Waals surface area (Å²) < 4.78 is 60.3. The largest absolute Gasteiger partial charge is 0.573 e. The molecule has 3 N–H and O–H groups in total. The number of aromatic nitrogens is 2. The van der Waals surface area contributed by atoms with Crippen LogP contribution in [0, 0.1) is 11.7 Å². The highest BCUT2D eigenvalue weighted by Gasteiger charge is 2.31. The Hall–Kier alpha value is -4.16. The van der Waals surface area contributed by atoms with E-state index in [1.807, 2.05) is 0 Å². The fraction of sp³-hybridized carbons (Fsp3) is 0.304. The number of amides is 1. The molecule has 0 bridgehead atoms. The number of ether oxygens (including phenoxy) is 1. The van der Waals surface area contributed by atoms with Gasteiger partial charge in [0, 0.05) is 5.69 Å². The molecular weight excluding hydrogens is 488 g/mol. The van der Waals surface area contributed by atoms with Gasteiger partial charge in [-0.1, -0.05) is 11.2 Å². The van der Waals surface area contributed by atoms with E-state index in [1.54, 1.807) is 6.07 Å². The van der Waals surface area contributed by atoms with E-state index in [9.17, 15) is 27.2 Å². The summed E-state index contributed by atoms with van der Waals surface area (Å²) in [6, 6.07) is 8.88. The van der Waals surface area contributed by atoms with Crippen molar-refractivity contribution in [2.24, 2.45) is 5.92 Å². The fourth-order valence-electron chi connectivity index (χ4n) is 3.97. The smallest absolute Gasteiger partial charge is 0.481 e. The summed E-state index contributed by atoms with van der Waals surface area (Å²) >= 11 is 0. The number of hydrogen-bond acceptors (Lipinski definition) is 7. The van der Waals surface area contributed by atoms with Gasteiger partial charge in [0.05, 0.1) is 11.6 Å². The summed E-state index contributed by atoms with van der Waals surface area (Å²) in [5.74, 6) is -3.56. The molecule has 9 nitrogen and oxygen atoms in total. The molecule has 3 aromatic rings. The monoisotopic (exact) mass is 508 g/mol. The summed E-state index contributed by atoms with van der Waals surface area (Å²) in [6.45, 7) is 0. The molecule has 0 atom stereocenters. The van der Waals surface area contributed by atoms with Gasteiger partial charge in [0.2, 0.25) is 0 Å². The van der Waals surface area contributed by atoms with Crippen LogP contribution in [0.5, 0.6) is 5.75 Å². The molecule has 1 amide bonds. The van der Waals surface area contributed by atoms with Crippen LogP contribution in [0.4, 0.5) is 35.0 Å². The number of nitrogens with zero attached hydrogens (tertiary/aromatic N) is 2. The van der Waals surface area contributed by atoms with Gasteiger partial charge in [-0.3, -0.25) is 9.59 Å². The first-order chi connectivity index (χ1) is 17.1. The Morgan fingerprint density at radius 1 is 1.03 bits per heavy atom. The Morgan fingerprint density at radius 2 is 1.72 bits per heavy atom. The highest BCUT2D eigenvalue weighted by molar-refractivity contribution is 6.01. The first-order valence-corrected chi connectivity index (χ1v) is 10.9. The van der Waals surface area contributed by atoms with E-state index in [-0.39, 0.29) is 23.5 Å². The molecule has 1 saturated carbocycles. The molecule has 0 spiro atoms. The molecule has 36 heavy (non-hydrogen) atoms. The van der Waals surface area contributed by atoms with Crippen molar-refractivity contribution < 1.29 is 41.4 Å². The molecule has 0 saturated heterocycles. The minimum Gasteiger partial charge on any atom is -0.481 e. The standard InChI is InChI=1S/C23H20F4N4O5/c24-17-11-14(12-1-3-13(4-2-12)21(33)34)5-10-18(17)29-19(32)20-30-31-22(35-20)28-15-6-8-16(9-7-15)36-23(25,26)27/h5-13H,1-4H2,(H,28,31)(H,29,32)(H,33,34). The molecule has 0 aliphatic heterocycles. The van der Waals surface area contributed by atoms with E-state index in [1.165, 1.54) is 24.3 Å². The number of anilines is 3. The third-order valence-corrected chi connectivity index (χ3v) is 5.75. The second-order valence-electron chi connectivity index (χ2n) is 8.19. The van der Waals surface area contributed by atoms with Crippen LogP contribution in [0.3, 0.4) is 0 Å². The second kappa shape index (κ2) is 10.2. The lowest BCUT2D eigenvalue weighted by Crippen LogP contribution is -2.20. The number of carbonyl (C=O) groups is 2. The Morgan fingerprint density at radius 3 is 2.33 bits per heavy atom. The van der Waals surface area contributed by atoms with Gasteiger partial charge in [-0.2, -0.15) is 0 Å². The molecule has 13 heteroatoms. The van der Waals surface area contributed by atoms with E-state index in [2.05, 4.69) is 25.6 Å². The molecule has 1 aliphatic rings. The Labute approximate surface area is 201 Å². The molecular formula is C23H20F4N4O5. The van der Waals surface area contributed by atoms with E-state index >= 15 is 0 Å². The van der Waals surface area contributed by atoms with Gasteiger partial charge in [0.15, 0.2) is 0 Å². The van der Waals surface area contributed by atoms with Crippen molar-refractivity contribution in [3.63, 3.8) is 0 Å². The highest BCUT2D eigenvalue weighted by Crippen LogP contribution is 2.37. The van der Waals surface area contributed by atoms with Crippen LogP contribution in [0.25, 0.3) is 0 Å². The molecule has 1 aliphatic carbocycles. The Kier molecular flexibility index (Phi) is 7.08. The Balaban J connectivity index is 1.34. The lowest BCUT2D eigenvalue weighted by Gasteiger charge is -2.26. The number of hydrogen-bond donors (Lipinski definition) is 3. The molecule has 1 aromatic heterocycles. The van der Waals surface area contributed by atoms with Crippen molar-refractivity contribution in [2.45, 2.75) is 38.0 Å². The van der Waals surface area contributed by atoms with Crippen LogP contribution in [-0.4, -0.2) is 33.5 Å². The number of halogens is 4. The highest BCUT2D eigenvalue weighted by atomic mass is 19.4. The SMILES string of the molecule is O=C(Nc1ccc(C2CCC(C(=O)O)CC2)cc1F)c1nnc(Nc2ccc(OC(F)(F)F)cc2)o1. The van der Waals surface area contributed by atoms with Crippen molar-refractivity contribution in [1.29, 1.82) is 0 Å². The minimum atomic E-state index is -4.81. The van der Waals surface area contributed by atoms with Crippen LogP contribution in [0.2, 0.25) is 0 Å². The first-order valence-electron chi connectivity index (χ1n) is 10.9. The second-order valence-corrected chi connectivity index (χ2v) is 8.19. The lowest BCUT2D eigenvalue weighted by atomic mass is 9.79. The summed E-state index contributed by atoms with van der Waals surface area (Å²) in [5.41, 5.74) is 0.917. The predicted molar refractivity (Wildman–Crippen MR) is 117 cm³/mol. The van der Waals surface area contributed by atoms with E-state index in [4.69, 9.17) is 9.52 Å². The number of alkyl halides is 3. The summed E-state index contributed by atoms with van der Waals surface area (Å²) in [7, 11) is 0. The molecule has 4 rings (SSSR count). The normalized spacial score (nSPS) is 17.9. The van der Waals surface area contributed by atoms with Gasteiger partial charge in [-0.25, -0.2) is 4.39 Å². The third kappa shape index (κ3) is 6.29. The van der Waals surface area contributed by atoms with Crippen molar-refractivity contribution in [1.82, 2.24) is 10.2 Å². The average molecular weight is 508 g/mol. The van der Waals surface area contributed by atoms with Gasteiger partial charge in [-0.05, 0) is 73.6 Å². The molecule has 1 heterocycles. The van der Waals surface area contributed by atoms with Crippen molar-refractivity contribution in [3.05, 3.63) is 59.7 Å². The predicted octanol–water partition coefficient (Wildman–Crippen LogP) is 5.46. The zero-order chi connectivity index (χ0) is 25.9. The fourth-order valence-corrected chi connectivity index (χ4v) is 3.97. The van der Waals surface area contributed by atoms with Crippen LogP contribution in [0.15, 0.2) is 46.9 Å². The van der Waals surface area contributed by atoms with E-state index < -0.39 is 35.7 Å². The average Bonchev–Trinajstić information content (AvgIpc) is 3.29. The van der Waals surface area contributed by atoms with Crippen LogP contribution in [0.1, 0.15) is 47.8 Å². The van der Waals surface area contributed by atoms with Gasteiger partial charge in [0.1, 0.15) is 11.6 Å². The number of nitrogens with one attached hydrogen (secondary N) is 2. The van der Waals surface area contributed by atoms with E-state index in [0.717, 1.165) is 17.7 Å². The van der Waals surface area contributed by atoms with Crippen molar-refractivity contribution in [2.75, 3.05) is 10.6 Å². The van der Waals surface area contributed by atoms with Crippen LogP contribution < -0.4 is 15.4 Å². The van der Waals surface area contributed by atoms with Gasteiger partial charge < -0.3 is 24.9 Å². The summed E-state index contributed by atoms with van der Waals surface area (Å²) in [4.78, 5) is 23.5. The Bertz CT molecular complexity index is 1240. The first kappa shape index (κ1) is 24.9. The number of carboxylic acids is 1. The number of rotatable bonds is 7. The maximum atomic E-state index is 14.6. The molecule has 2 aromatic carbocycles. The minimum absolute atomic E-state index is 0.0403. The molecule has 0 radical (unpaired) electrons. The number of carbonyl (C=O) groups excluding carboxylic acids is 1. The topological polar surface area (TPSA) is 127 Å². The number of benzene rings is 2. The molecule has 190 valence electrons. The molecule has 1 fully saturated rings. The maximum absolute atomic E-state index is 14.6. The number of carboxylic acid groups (broad SMARTS) is 1. The van der Waals surface area contributed by atoms with Gasteiger partial charge >= 0.3 is 30.1 Å². The zero-order valence-corrected chi connectivity index (χ0v) is 18.5. The van der Waals surface area contributed by atoms with Crippen molar-refractivity contribution >= 4 is 29.3 Å². The third-order valence-electron chi connectivity index (χ3n) is 5.75. The van der Waals surface area contributed by atoms with Crippen molar-refractivity contribution in [3.8, 4) is 5.75 Å². The quantitative estimate of drug-likeness (QED) is 0.359. The summed E-state index contributed by atoms with van der Waals surface area (Å²) in [6.07, 6.45) is -2.49.